The fourth-order valence-corrected chi connectivity index (χ4v) is 5.48. The first-order valence-corrected chi connectivity index (χ1v) is 13.8. The fraction of sp³-hybridized carbons (Fsp3) is 0. The highest BCUT2D eigenvalue weighted by molar-refractivity contribution is 6.31. The Morgan fingerprint density at radius 3 is 1.20 bits per heavy atom. The predicted molar refractivity (Wildman–Crippen MR) is 167 cm³/mol. The van der Waals surface area contributed by atoms with E-state index in [4.69, 9.17) is 11.6 Å². The summed E-state index contributed by atoms with van der Waals surface area (Å²) >= 11 is 6.78. The second-order valence-corrected chi connectivity index (χ2v) is 10.3. The monoisotopic (exact) mass is 548 g/mol. The highest BCUT2D eigenvalue weighted by Gasteiger charge is 2.15. The van der Waals surface area contributed by atoms with Crippen LogP contribution in [-0.4, -0.2) is 19.6 Å². The third-order valence-electron chi connectivity index (χ3n) is 7.20. The molecule has 0 amide bonds. The van der Waals surface area contributed by atoms with Gasteiger partial charge in [-0.1, -0.05) is 96.5 Å². The van der Waals surface area contributed by atoms with Crippen molar-refractivity contribution in [3.05, 3.63) is 157 Å². The summed E-state index contributed by atoms with van der Waals surface area (Å²) in [5, 5.41) is 9.95. The van der Waals surface area contributed by atoms with Crippen LogP contribution < -0.4 is 0 Å². The van der Waals surface area contributed by atoms with E-state index in [1.807, 2.05) is 94.6 Å². The number of aromatic nitrogens is 4. The largest absolute Gasteiger partial charge is 0.240 e. The molecule has 0 saturated heterocycles. The molecule has 0 N–H and O–H groups in total. The van der Waals surface area contributed by atoms with E-state index in [0.717, 1.165) is 55.9 Å². The minimum absolute atomic E-state index is 0.682. The van der Waals surface area contributed by atoms with Crippen molar-refractivity contribution in [3.8, 4) is 55.9 Å². The molecule has 7 rings (SSSR count). The lowest BCUT2D eigenvalue weighted by molar-refractivity contribution is 0.881. The van der Waals surface area contributed by atoms with Crippen molar-refractivity contribution in [2.45, 2.75) is 0 Å². The number of benzene rings is 5. The van der Waals surface area contributed by atoms with Crippen molar-refractivity contribution in [2.75, 3.05) is 0 Å². The zero-order valence-electron chi connectivity index (χ0n) is 22.1. The molecule has 0 spiro atoms. The maximum absolute atomic E-state index is 6.78. The molecule has 2 aromatic heterocycles. The van der Waals surface area contributed by atoms with E-state index in [-0.39, 0.29) is 0 Å². The van der Waals surface area contributed by atoms with Crippen LogP contribution in [0.5, 0.6) is 0 Å². The Labute approximate surface area is 243 Å². The number of rotatable bonds is 6. The van der Waals surface area contributed by atoms with Crippen LogP contribution in [-0.2, 0) is 0 Å². The summed E-state index contributed by atoms with van der Waals surface area (Å²) in [5.41, 5.74) is 10.6. The number of para-hydroxylation sites is 2. The first kappa shape index (κ1) is 24.8. The lowest BCUT2D eigenvalue weighted by atomic mass is 9.91. The first-order valence-electron chi connectivity index (χ1n) is 13.4. The van der Waals surface area contributed by atoms with Crippen molar-refractivity contribution >= 4 is 11.6 Å². The van der Waals surface area contributed by atoms with Crippen LogP contribution in [0.15, 0.2) is 152 Å². The Kier molecular flexibility index (Phi) is 6.51. The topological polar surface area (TPSA) is 35.6 Å². The molecule has 0 aliphatic heterocycles. The first-order chi connectivity index (χ1) is 20.2. The molecule has 41 heavy (non-hydrogen) atoms. The lowest BCUT2D eigenvalue weighted by Crippen LogP contribution is -1.92. The van der Waals surface area contributed by atoms with Crippen LogP contribution >= 0.6 is 11.6 Å². The Morgan fingerprint density at radius 1 is 0.415 bits per heavy atom. The zero-order chi connectivity index (χ0) is 27.6. The predicted octanol–water partition coefficient (Wildman–Crippen LogP) is 9.38. The van der Waals surface area contributed by atoms with Gasteiger partial charge < -0.3 is 0 Å². The van der Waals surface area contributed by atoms with Gasteiger partial charge in [-0.2, -0.15) is 10.2 Å². The molecule has 0 aliphatic rings. The van der Waals surface area contributed by atoms with E-state index in [0.29, 0.717) is 5.02 Å². The van der Waals surface area contributed by atoms with Gasteiger partial charge in [0.1, 0.15) is 0 Å². The molecule has 4 nitrogen and oxygen atoms in total. The molecule has 0 fully saturated rings. The summed E-state index contributed by atoms with van der Waals surface area (Å²) < 4.78 is 3.81. The lowest BCUT2D eigenvalue weighted by Gasteiger charge is -2.13. The summed E-state index contributed by atoms with van der Waals surface area (Å²) in [6.45, 7) is 0. The highest BCUT2D eigenvalue weighted by Crippen LogP contribution is 2.39. The van der Waals surface area contributed by atoms with Gasteiger partial charge >= 0.3 is 0 Å². The van der Waals surface area contributed by atoms with Gasteiger partial charge in [0.2, 0.25) is 0 Å². The van der Waals surface area contributed by atoms with Gasteiger partial charge in [0, 0.05) is 28.5 Å². The van der Waals surface area contributed by atoms with Gasteiger partial charge in [0.15, 0.2) is 0 Å². The van der Waals surface area contributed by atoms with Crippen LogP contribution in [0.1, 0.15) is 0 Å². The molecule has 7 aromatic rings. The second kappa shape index (κ2) is 10.8. The van der Waals surface area contributed by atoms with Crippen LogP contribution in [0.4, 0.5) is 0 Å². The molecule has 5 aromatic carbocycles. The summed E-state index contributed by atoms with van der Waals surface area (Å²) in [5.74, 6) is 0. The van der Waals surface area contributed by atoms with Crippen molar-refractivity contribution in [2.24, 2.45) is 0 Å². The van der Waals surface area contributed by atoms with E-state index in [9.17, 15) is 0 Å². The van der Waals surface area contributed by atoms with Gasteiger partial charge in [0.25, 0.3) is 0 Å². The van der Waals surface area contributed by atoms with E-state index in [2.05, 4.69) is 77.2 Å². The summed E-state index contributed by atoms with van der Waals surface area (Å²) in [6, 6.07) is 43.3. The minimum Gasteiger partial charge on any atom is -0.240 e. The number of hydrogen-bond acceptors (Lipinski definition) is 2. The van der Waals surface area contributed by atoms with E-state index < -0.39 is 0 Å². The van der Waals surface area contributed by atoms with Crippen molar-refractivity contribution in [1.82, 2.24) is 19.6 Å². The van der Waals surface area contributed by atoms with Crippen molar-refractivity contribution in [1.29, 1.82) is 0 Å². The molecule has 5 heteroatoms. The van der Waals surface area contributed by atoms with Gasteiger partial charge in [-0.05, 0) is 75.8 Å². The zero-order valence-corrected chi connectivity index (χ0v) is 22.9. The van der Waals surface area contributed by atoms with Gasteiger partial charge in [-0.3, -0.25) is 0 Å². The summed E-state index contributed by atoms with van der Waals surface area (Å²) in [4.78, 5) is 0. The molecule has 196 valence electrons. The molecular weight excluding hydrogens is 524 g/mol. The van der Waals surface area contributed by atoms with E-state index in [1.54, 1.807) is 0 Å². The van der Waals surface area contributed by atoms with Crippen LogP contribution in [0.2, 0.25) is 5.02 Å². The minimum atomic E-state index is 0.682. The average molecular weight is 549 g/mol. The molecule has 0 radical (unpaired) electrons. The van der Waals surface area contributed by atoms with Crippen molar-refractivity contribution in [3.63, 3.8) is 0 Å². The van der Waals surface area contributed by atoms with Gasteiger partial charge in [0.05, 0.1) is 23.8 Å². The average Bonchev–Trinajstić information content (AvgIpc) is 3.73. The quantitative estimate of drug-likeness (QED) is 0.207. The summed E-state index contributed by atoms with van der Waals surface area (Å²) in [7, 11) is 0. The third kappa shape index (κ3) is 4.97. The van der Waals surface area contributed by atoms with Crippen LogP contribution in [0.3, 0.4) is 0 Å². The Hall–Kier alpha value is -5.19. The number of nitrogens with zero attached hydrogens (tertiary/aromatic N) is 4. The number of halogens is 1. The van der Waals surface area contributed by atoms with Crippen LogP contribution in [0, 0.1) is 0 Å². The van der Waals surface area contributed by atoms with Gasteiger partial charge in [-0.25, -0.2) is 9.36 Å². The normalized spacial score (nSPS) is 11.0. The molecule has 0 unspecified atom stereocenters. The standard InChI is InChI=1S/C36H25ClN4/c37-30-20-26(33-15-7-9-17-35(33)28-22-38-40(24-28)31-11-3-1-4-12-31)19-27(21-30)34-16-8-10-18-36(34)29-23-39-41(25-29)32-13-5-2-6-14-32/h1-25H. The molecular formula is C36H25ClN4. The molecule has 0 aliphatic carbocycles. The molecule has 0 atom stereocenters. The second-order valence-electron chi connectivity index (χ2n) is 9.84. The maximum Gasteiger partial charge on any atom is 0.0645 e. The van der Waals surface area contributed by atoms with Crippen molar-refractivity contribution < 1.29 is 0 Å². The van der Waals surface area contributed by atoms with Crippen LogP contribution in [0.25, 0.3) is 55.9 Å². The smallest absolute Gasteiger partial charge is 0.0645 e. The Bertz CT molecular complexity index is 1820. The van der Waals surface area contributed by atoms with E-state index in [1.165, 1.54) is 0 Å². The SMILES string of the molecule is Clc1cc(-c2ccccc2-c2cnn(-c3ccccc3)c2)cc(-c2ccccc2-c2cnn(-c3ccccc3)c2)c1. The summed E-state index contributed by atoms with van der Waals surface area (Å²) in [6.07, 6.45) is 7.96. The molecule has 0 saturated carbocycles. The fourth-order valence-electron chi connectivity index (χ4n) is 5.24. The number of hydrogen-bond donors (Lipinski definition) is 0. The third-order valence-corrected chi connectivity index (χ3v) is 7.42. The maximum atomic E-state index is 6.78. The van der Waals surface area contributed by atoms with Gasteiger partial charge in [-0.15, -0.1) is 0 Å². The molecule has 2 heterocycles. The van der Waals surface area contributed by atoms with E-state index >= 15 is 0 Å². The molecule has 0 bridgehead atoms. The Morgan fingerprint density at radius 2 is 0.780 bits per heavy atom. The Balaban J connectivity index is 1.29. The highest BCUT2D eigenvalue weighted by atomic mass is 35.5.